The highest BCUT2D eigenvalue weighted by Crippen LogP contribution is 2.68. The molecule has 0 spiro atoms. The van der Waals surface area contributed by atoms with Gasteiger partial charge < -0.3 is 15.7 Å². The fourth-order valence-electron chi connectivity index (χ4n) is 4.83. The van der Waals surface area contributed by atoms with Crippen LogP contribution in [0.1, 0.15) is 144 Å². The molecule has 56 heavy (non-hydrogen) atoms. The van der Waals surface area contributed by atoms with Crippen molar-refractivity contribution in [2.24, 2.45) is 5.73 Å². The molecule has 1 saturated carbocycles. The molecule has 0 aliphatic heterocycles. The molecule has 4 N–H and O–H groups in total. The van der Waals surface area contributed by atoms with Crippen LogP contribution in [0.25, 0.3) is 0 Å². The van der Waals surface area contributed by atoms with Gasteiger partial charge in [-0.25, -0.2) is 29.9 Å². The third kappa shape index (κ3) is 21.8. The molecule has 0 saturated heterocycles. The standard InChI is InChI=1S/C14H23N3.C8H11BrN2S.C8H11BrN2.C8H12N2O.Br3OP/c1-13(2,3)11-9-12(17-10-16-11)14(15)7-5-4-6-8-14;1-8(2,3)5-4-6(9)11-7(12)10-5;1-8(2,3)6-4-7(9)11-5-10-6;1-8(2,3)6-4-7(11)10-5-9-6;1-5(2,3)4/h9-10H,4-8,15H2,1-3H3;4H,1-3H3,(H,10,11,12);4-5H,1-3H3;4-5H,1-3H3,(H,9,10,11);. The molecule has 4 aromatic heterocycles. The maximum absolute atomic E-state index is 10.8. The first-order valence-corrected chi connectivity index (χ1v) is 27.7. The summed E-state index contributed by atoms with van der Waals surface area (Å²) >= 11 is 19.9. The zero-order valence-electron chi connectivity index (χ0n) is 34.4. The minimum atomic E-state index is -2.20. The van der Waals surface area contributed by atoms with E-state index in [1.54, 1.807) is 12.7 Å². The summed E-state index contributed by atoms with van der Waals surface area (Å²) < 4.78 is 9.92. The largest absolute Gasteiger partial charge is 0.334 e. The van der Waals surface area contributed by atoms with Gasteiger partial charge in [-0.15, -0.1) is 0 Å². The van der Waals surface area contributed by atoms with Crippen LogP contribution in [0.4, 0.5) is 0 Å². The Labute approximate surface area is 379 Å². The zero-order chi connectivity index (χ0) is 43.3. The SMILES string of the molecule is CC(C)(C)c1cc(=O)[nH]cn1.CC(C)(C)c1cc(Br)nc(=S)[nH]1.CC(C)(C)c1cc(Br)ncn1.CC(C)(C)c1cc(C2(N)CCCCC2)ncn1.O=P(Br)(Br)Br. The predicted octanol–water partition coefficient (Wildman–Crippen LogP) is 13.0. The molecular weight excluding hydrogens is 1080 g/mol. The Morgan fingerprint density at radius 3 is 1.54 bits per heavy atom. The molecule has 0 aromatic carbocycles. The van der Waals surface area contributed by atoms with Crippen molar-refractivity contribution >= 4 is 93.8 Å². The first-order chi connectivity index (χ1) is 25.3. The number of hydrogen-bond donors (Lipinski definition) is 3. The topological polar surface area (TPSA) is 169 Å². The van der Waals surface area contributed by atoms with Crippen LogP contribution in [-0.2, 0) is 31.8 Å². The zero-order valence-corrected chi connectivity index (χ0v) is 44.0. The Balaban J connectivity index is 0.000000364. The molecule has 5 rings (SSSR count). The summed E-state index contributed by atoms with van der Waals surface area (Å²) in [5.41, 5.74) is 11.5. The average Bonchev–Trinajstić information content (AvgIpc) is 3.03. The molecule has 4 aromatic rings. The van der Waals surface area contributed by atoms with Gasteiger partial charge in [0.2, 0.25) is 0 Å². The third-order valence-corrected chi connectivity index (χ3v) is 9.09. The number of H-pyrrole nitrogens is 2. The van der Waals surface area contributed by atoms with Gasteiger partial charge in [0.25, 0.3) is 8.81 Å². The Hall–Kier alpha value is -1.07. The number of halogens is 5. The lowest BCUT2D eigenvalue weighted by Crippen LogP contribution is -2.39. The summed E-state index contributed by atoms with van der Waals surface area (Å²) in [6.45, 7) is 25.3. The maximum Gasteiger partial charge on any atom is 0.268 e. The number of nitrogens with zero attached hydrogens (tertiary/aromatic N) is 6. The van der Waals surface area contributed by atoms with E-state index in [9.17, 15) is 9.36 Å². The summed E-state index contributed by atoms with van der Waals surface area (Å²) in [5.74, 6) is 0. The number of aromatic amines is 2. The van der Waals surface area contributed by atoms with Gasteiger partial charge in [-0.2, -0.15) is 0 Å². The van der Waals surface area contributed by atoms with Crippen molar-refractivity contribution in [3.05, 3.63) is 96.0 Å². The molecule has 0 radical (unpaired) electrons. The molecule has 18 heteroatoms. The molecule has 1 aliphatic carbocycles. The minimum absolute atomic E-state index is 0.0474. The number of aromatic nitrogens is 8. The second kappa shape index (κ2) is 22.5. The minimum Gasteiger partial charge on any atom is -0.334 e. The van der Waals surface area contributed by atoms with E-state index in [4.69, 9.17) is 18.0 Å². The first-order valence-electron chi connectivity index (χ1n) is 17.9. The monoisotopic (exact) mass is 1130 g/mol. The van der Waals surface area contributed by atoms with Gasteiger partial charge in [-0.3, -0.25) is 9.36 Å². The van der Waals surface area contributed by atoms with Crippen molar-refractivity contribution in [1.29, 1.82) is 0 Å². The highest BCUT2D eigenvalue weighted by molar-refractivity contribution is 9.94. The Morgan fingerprint density at radius 1 is 0.679 bits per heavy atom. The van der Waals surface area contributed by atoms with Crippen molar-refractivity contribution in [3.63, 3.8) is 0 Å². The molecule has 0 atom stereocenters. The molecule has 0 amide bonds. The third-order valence-electron chi connectivity index (χ3n) is 8.06. The van der Waals surface area contributed by atoms with Crippen molar-refractivity contribution in [1.82, 2.24) is 39.9 Å². The number of hydrogen-bond acceptors (Lipinski definition) is 10. The normalized spacial score (nSPS) is 14.2. The van der Waals surface area contributed by atoms with E-state index < -0.39 is 3.25 Å². The van der Waals surface area contributed by atoms with E-state index in [-0.39, 0.29) is 32.8 Å². The van der Waals surface area contributed by atoms with E-state index in [1.807, 2.05) is 32.9 Å². The van der Waals surface area contributed by atoms with Crippen molar-refractivity contribution in [3.8, 4) is 0 Å². The van der Waals surface area contributed by atoms with Gasteiger partial charge in [0.1, 0.15) is 21.9 Å². The van der Waals surface area contributed by atoms with Crippen LogP contribution < -0.4 is 11.3 Å². The molecule has 1 fully saturated rings. The Kier molecular flexibility index (Phi) is 21.3. The number of nitrogens with two attached hydrogens (primary N) is 1. The predicted molar refractivity (Wildman–Crippen MR) is 252 cm³/mol. The highest BCUT2D eigenvalue weighted by Gasteiger charge is 2.32. The summed E-state index contributed by atoms with van der Waals surface area (Å²) in [6.07, 6.45) is 10.5. The van der Waals surface area contributed by atoms with Crippen LogP contribution in [0.15, 0.2) is 57.2 Å². The fraction of sp³-hybridized carbons (Fsp3) is 0.579. The summed E-state index contributed by atoms with van der Waals surface area (Å²) in [6, 6.07) is 7.53. The van der Waals surface area contributed by atoms with Gasteiger partial charge in [-0.1, -0.05) is 102 Å². The van der Waals surface area contributed by atoms with E-state index in [0.29, 0.717) is 4.77 Å². The second-order valence-corrected chi connectivity index (χ2v) is 37.7. The number of nitrogens with one attached hydrogen (secondary N) is 2. The number of rotatable bonds is 1. The van der Waals surface area contributed by atoms with Crippen LogP contribution in [0.3, 0.4) is 0 Å². The molecular formula is C38H57Br5N9O2PS. The second-order valence-electron chi connectivity index (χ2n) is 17.3. The van der Waals surface area contributed by atoms with E-state index in [0.717, 1.165) is 50.5 Å². The molecule has 0 unspecified atom stereocenters. The lowest BCUT2D eigenvalue weighted by molar-refractivity contribution is 0.294. The highest BCUT2D eigenvalue weighted by atomic mass is 80.0. The quantitative estimate of drug-likeness (QED) is 0.0947. The van der Waals surface area contributed by atoms with Gasteiger partial charge in [-0.05, 0) is 75.1 Å². The van der Waals surface area contributed by atoms with Gasteiger partial charge in [0.15, 0.2) is 4.77 Å². The average molecular weight is 1130 g/mol. The lowest BCUT2D eigenvalue weighted by atomic mass is 9.79. The van der Waals surface area contributed by atoms with Gasteiger partial charge >= 0.3 is 0 Å². The molecule has 312 valence electrons. The molecule has 1 aliphatic rings. The van der Waals surface area contributed by atoms with Gasteiger partial charge in [0.05, 0.1) is 28.9 Å². The first kappa shape index (κ1) is 52.9. The van der Waals surface area contributed by atoms with Crippen LogP contribution >= 0.6 is 93.8 Å². The fourth-order valence-corrected chi connectivity index (χ4v) is 5.87. The van der Waals surface area contributed by atoms with Crippen LogP contribution in [0.2, 0.25) is 0 Å². The maximum atomic E-state index is 10.8. The van der Waals surface area contributed by atoms with E-state index in [1.165, 1.54) is 31.7 Å². The van der Waals surface area contributed by atoms with Crippen molar-refractivity contribution < 1.29 is 4.57 Å². The van der Waals surface area contributed by atoms with Crippen molar-refractivity contribution in [2.45, 2.75) is 142 Å². The molecule has 4 heterocycles. The molecule has 11 nitrogen and oxygen atoms in total. The lowest BCUT2D eigenvalue weighted by Gasteiger charge is -2.33. The van der Waals surface area contributed by atoms with Crippen LogP contribution in [0.5, 0.6) is 0 Å². The summed E-state index contributed by atoms with van der Waals surface area (Å²) in [5, 5.41) is 0. The van der Waals surface area contributed by atoms with E-state index >= 15 is 0 Å². The van der Waals surface area contributed by atoms with E-state index in [2.05, 4.69) is 187 Å². The van der Waals surface area contributed by atoms with Crippen LogP contribution in [0, 0.1) is 4.77 Å². The van der Waals surface area contributed by atoms with Crippen LogP contribution in [-0.4, -0.2) is 39.9 Å². The Morgan fingerprint density at radius 2 is 1.14 bits per heavy atom. The molecule has 0 bridgehead atoms. The Bertz CT molecular complexity index is 1980. The van der Waals surface area contributed by atoms with Crippen molar-refractivity contribution in [2.75, 3.05) is 0 Å². The smallest absolute Gasteiger partial charge is 0.268 e. The summed E-state index contributed by atoms with van der Waals surface area (Å²) in [7, 11) is 0. The van der Waals surface area contributed by atoms with Gasteiger partial charge in [0, 0.05) is 85.6 Å². The summed E-state index contributed by atoms with van der Waals surface area (Å²) in [4.78, 5) is 41.4.